The van der Waals surface area contributed by atoms with Gasteiger partial charge >= 0.3 is 12.0 Å². The molecule has 0 bridgehead atoms. The van der Waals surface area contributed by atoms with Gasteiger partial charge in [-0.1, -0.05) is 0 Å². The van der Waals surface area contributed by atoms with Crippen LogP contribution in [0.5, 0.6) is 0 Å². The average Bonchev–Trinajstić information content (AvgIpc) is 3.27. The first-order valence-corrected chi connectivity index (χ1v) is 10.4. The predicted molar refractivity (Wildman–Crippen MR) is 115 cm³/mol. The lowest BCUT2D eigenvalue weighted by atomic mass is 10.1. The van der Waals surface area contributed by atoms with Crippen LogP contribution in [0.2, 0.25) is 0 Å². The normalized spacial score (nSPS) is 12.1. The molecule has 158 valence electrons. The Morgan fingerprint density at radius 1 is 1.13 bits per heavy atom. The van der Waals surface area contributed by atoms with E-state index in [1.54, 1.807) is 13.8 Å². The summed E-state index contributed by atoms with van der Waals surface area (Å²) in [5.41, 5.74) is 2.51. The minimum Gasteiger partial charge on any atom is -0.448 e. The predicted octanol–water partition coefficient (Wildman–Crippen LogP) is 3.48. The van der Waals surface area contributed by atoms with E-state index in [-0.39, 0.29) is 6.04 Å². The molecule has 0 aliphatic carbocycles. The molecule has 2 N–H and O–H groups in total. The van der Waals surface area contributed by atoms with Crippen LogP contribution in [0.3, 0.4) is 0 Å². The molecular formula is C21H24N4O4S. The highest BCUT2D eigenvalue weighted by molar-refractivity contribution is 7.21. The standard InChI is InChI=1S/C21H24N4O4S/c1-11(2)22-21(28)24-18(26)14(5)29-20(27)17-16(25-8-6-7-9-25)15-12(3)10-13(4)23-19(15)30-17/h6-11,14H,1-5H3,(H2,22,24,26,28)/t14-/m1/s1. The van der Waals surface area contributed by atoms with Gasteiger partial charge in [-0.05, 0) is 58.4 Å². The van der Waals surface area contributed by atoms with Crippen LogP contribution >= 0.6 is 11.3 Å². The van der Waals surface area contributed by atoms with Crippen molar-refractivity contribution in [3.05, 3.63) is 46.7 Å². The summed E-state index contributed by atoms with van der Waals surface area (Å²) in [6.07, 6.45) is 2.53. The fourth-order valence-electron chi connectivity index (χ4n) is 3.07. The number of rotatable bonds is 5. The van der Waals surface area contributed by atoms with Gasteiger partial charge in [0, 0.05) is 29.5 Å². The molecule has 0 aliphatic heterocycles. The number of nitrogens with one attached hydrogen (secondary N) is 2. The van der Waals surface area contributed by atoms with Crippen LogP contribution in [0.25, 0.3) is 15.9 Å². The van der Waals surface area contributed by atoms with Crippen LogP contribution in [0.15, 0.2) is 30.6 Å². The van der Waals surface area contributed by atoms with Crippen LogP contribution in [0.1, 0.15) is 41.7 Å². The highest BCUT2D eigenvalue weighted by atomic mass is 32.1. The number of amides is 3. The number of urea groups is 1. The lowest BCUT2D eigenvalue weighted by molar-refractivity contribution is -0.127. The van der Waals surface area contributed by atoms with Gasteiger partial charge in [0.25, 0.3) is 5.91 Å². The van der Waals surface area contributed by atoms with Crippen LogP contribution < -0.4 is 10.6 Å². The second-order valence-electron chi connectivity index (χ2n) is 7.30. The first-order chi connectivity index (χ1) is 14.2. The van der Waals surface area contributed by atoms with Crippen molar-refractivity contribution >= 4 is 39.5 Å². The molecule has 30 heavy (non-hydrogen) atoms. The van der Waals surface area contributed by atoms with E-state index in [4.69, 9.17) is 4.74 Å². The Bertz CT molecular complexity index is 1100. The molecular weight excluding hydrogens is 404 g/mol. The van der Waals surface area contributed by atoms with Gasteiger partial charge in [-0.15, -0.1) is 11.3 Å². The monoisotopic (exact) mass is 428 g/mol. The van der Waals surface area contributed by atoms with Gasteiger partial charge in [0.15, 0.2) is 6.10 Å². The number of fused-ring (bicyclic) bond motifs is 1. The van der Waals surface area contributed by atoms with E-state index in [0.29, 0.717) is 10.6 Å². The third kappa shape index (κ3) is 4.51. The smallest absolute Gasteiger partial charge is 0.351 e. The summed E-state index contributed by atoms with van der Waals surface area (Å²) in [5, 5.41) is 5.59. The highest BCUT2D eigenvalue weighted by Gasteiger charge is 2.27. The second kappa shape index (κ2) is 8.66. The number of pyridine rings is 1. The molecule has 0 radical (unpaired) electrons. The number of carbonyl (C=O) groups is 3. The number of hydrogen-bond donors (Lipinski definition) is 2. The average molecular weight is 429 g/mol. The molecule has 8 nitrogen and oxygen atoms in total. The topological polar surface area (TPSA) is 102 Å². The molecule has 0 saturated heterocycles. The van der Waals surface area contributed by atoms with E-state index < -0.39 is 24.0 Å². The zero-order chi connectivity index (χ0) is 22.0. The van der Waals surface area contributed by atoms with Crippen LogP contribution in [-0.2, 0) is 9.53 Å². The van der Waals surface area contributed by atoms with Crippen molar-refractivity contribution in [1.82, 2.24) is 20.2 Å². The minimum atomic E-state index is -1.14. The summed E-state index contributed by atoms with van der Waals surface area (Å²) in [7, 11) is 0. The molecule has 0 aliphatic rings. The first kappa shape index (κ1) is 21.5. The Kier molecular flexibility index (Phi) is 6.21. The summed E-state index contributed by atoms with van der Waals surface area (Å²) in [4.78, 5) is 42.5. The van der Waals surface area contributed by atoms with Gasteiger partial charge < -0.3 is 14.6 Å². The van der Waals surface area contributed by atoms with E-state index in [0.717, 1.165) is 21.5 Å². The van der Waals surface area contributed by atoms with E-state index in [9.17, 15) is 14.4 Å². The second-order valence-corrected chi connectivity index (χ2v) is 8.29. The maximum atomic E-state index is 13.0. The summed E-state index contributed by atoms with van der Waals surface area (Å²) >= 11 is 1.22. The van der Waals surface area contributed by atoms with E-state index in [1.807, 2.05) is 49.0 Å². The van der Waals surface area contributed by atoms with Gasteiger partial charge in [-0.3, -0.25) is 10.1 Å². The summed E-state index contributed by atoms with van der Waals surface area (Å²) in [5.74, 6) is -1.35. The highest BCUT2D eigenvalue weighted by Crippen LogP contribution is 2.36. The van der Waals surface area contributed by atoms with Crippen LogP contribution in [0, 0.1) is 13.8 Å². The van der Waals surface area contributed by atoms with Crippen molar-refractivity contribution in [2.45, 2.75) is 46.8 Å². The molecule has 1 atom stereocenters. The number of thiophene rings is 1. The fourth-order valence-corrected chi connectivity index (χ4v) is 4.25. The quantitative estimate of drug-likeness (QED) is 0.606. The molecule has 3 aromatic heterocycles. The molecule has 3 aromatic rings. The number of aromatic nitrogens is 2. The maximum Gasteiger partial charge on any atom is 0.351 e. The van der Waals surface area contributed by atoms with Crippen LogP contribution in [0.4, 0.5) is 4.79 Å². The number of imide groups is 1. The molecule has 3 rings (SSSR count). The molecule has 9 heteroatoms. The third-order valence-electron chi connectivity index (χ3n) is 4.32. The van der Waals surface area contributed by atoms with Gasteiger partial charge in [0.2, 0.25) is 0 Å². The van der Waals surface area contributed by atoms with Gasteiger partial charge in [-0.2, -0.15) is 0 Å². The SMILES string of the molecule is Cc1cc(C)c2c(-n3cccc3)c(C(=O)O[C@H](C)C(=O)NC(=O)NC(C)C)sc2n1. The molecule has 0 fully saturated rings. The van der Waals surface area contributed by atoms with Crippen molar-refractivity contribution in [2.75, 3.05) is 0 Å². The fraction of sp³-hybridized carbons (Fsp3) is 0.333. The van der Waals surface area contributed by atoms with Gasteiger partial charge in [0.1, 0.15) is 9.71 Å². The van der Waals surface area contributed by atoms with Crippen molar-refractivity contribution in [3.63, 3.8) is 0 Å². The molecule has 0 saturated carbocycles. The van der Waals surface area contributed by atoms with E-state index >= 15 is 0 Å². The van der Waals surface area contributed by atoms with Crippen molar-refractivity contribution in [1.29, 1.82) is 0 Å². The Labute approximate surface area is 178 Å². The zero-order valence-corrected chi connectivity index (χ0v) is 18.3. The van der Waals surface area contributed by atoms with E-state index in [2.05, 4.69) is 15.6 Å². The molecule has 0 unspecified atom stereocenters. The Hall–Kier alpha value is -3.20. The van der Waals surface area contributed by atoms with Gasteiger partial charge in [0.05, 0.1) is 5.69 Å². The summed E-state index contributed by atoms with van der Waals surface area (Å²) in [6, 6.07) is 4.92. The Morgan fingerprint density at radius 3 is 2.43 bits per heavy atom. The van der Waals surface area contributed by atoms with Crippen molar-refractivity contribution < 1.29 is 19.1 Å². The van der Waals surface area contributed by atoms with Gasteiger partial charge in [-0.25, -0.2) is 14.6 Å². The lowest BCUT2D eigenvalue weighted by Gasteiger charge is -2.14. The molecule has 0 spiro atoms. The molecule has 3 amide bonds. The summed E-state index contributed by atoms with van der Waals surface area (Å²) < 4.78 is 7.21. The summed E-state index contributed by atoms with van der Waals surface area (Å²) in [6.45, 7) is 8.83. The van der Waals surface area contributed by atoms with Crippen molar-refractivity contribution in [3.8, 4) is 5.69 Å². The number of nitrogens with zero attached hydrogens (tertiary/aromatic N) is 2. The number of aryl methyl sites for hydroxylation is 2. The number of carbonyl (C=O) groups excluding carboxylic acids is 3. The number of esters is 1. The molecule has 3 heterocycles. The Balaban J connectivity index is 1.90. The lowest BCUT2D eigenvalue weighted by Crippen LogP contribution is -2.46. The largest absolute Gasteiger partial charge is 0.448 e. The maximum absolute atomic E-state index is 13.0. The Morgan fingerprint density at radius 2 is 1.80 bits per heavy atom. The third-order valence-corrected chi connectivity index (χ3v) is 5.37. The number of ether oxygens (including phenoxy) is 1. The minimum absolute atomic E-state index is 0.127. The first-order valence-electron chi connectivity index (χ1n) is 9.53. The molecule has 0 aromatic carbocycles. The zero-order valence-electron chi connectivity index (χ0n) is 17.5. The number of hydrogen-bond acceptors (Lipinski definition) is 6. The van der Waals surface area contributed by atoms with E-state index in [1.165, 1.54) is 18.3 Å². The van der Waals surface area contributed by atoms with Crippen molar-refractivity contribution in [2.24, 2.45) is 0 Å². The van der Waals surface area contributed by atoms with Crippen LogP contribution in [-0.4, -0.2) is 39.6 Å².